The minimum atomic E-state index is -3.52. The highest BCUT2D eigenvalue weighted by Gasteiger charge is 2.29. The predicted octanol–water partition coefficient (Wildman–Crippen LogP) is 0.456. The summed E-state index contributed by atoms with van der Waals surface area (Å²) in [5.41, 5.74) is 0.432. The zero-order valence-corrected chi connectivity index (χ0v) is 12.3. The van der Waals surface area contributed by atoms with Gasteiger partial charge in [-0.1, -0.05) is 0 Å². The Kier molecular flexibility index (Phi) is 4.42. The summed E-state index contributed by atoms with van der Waals surface area (Å²) < 4.78 is 31.7. The van der Waals surface area contributed by atoms with E-state index in [0.717, 1.165) is 0 Å². The summed E-state index contributed by atoms with van der Waals surface area (Å²) in [7, 11) is -1.99. The number of rotatable bonds is 3. The molecule has 1 aliphatic heterocycles. The molecule has 1 heterocycles. The summed E-state index contributed by atoms with van der Waals surface area (Å²) in [6.45, 7) is 2.94. The van der Waals surface area contributed by atoms with Crippen LogP contribution in [0.5, 0.6) is 0 Å². The fourth-order valence-electron chi connectivity index (χ4n) is 2.08. The molecule has 1 amide bonds. The number of sulfonamides is 1. The van der Waals surface area contributed by atoms with Gasteiger partial charge < -0.3 is 10.1 Å². The van der Waals surface area contributed by atoms with Crippen LogP contribution in [0.4, 0.5) is 0 Å². The maximum atomic E-state index is 12.5. The summed E-state index contributed by atoms with van der Waals surface area (Å²) >= 11 is 0. The molecule has 1 aromatic rings. The first kappa shape index (κ1) is 15.0. The van der Waals surface area contributed by atoms with E-state index in [9.17, 15) is 13.2 Å². The van der Waals surface area contributed by atoms with Gasteiger partial charge in [-0.25, -0.2) is 8.42 Å². The molecule has 110 valence electrons. The highest BCUT2D eigenvalue weighted by molar-refractivity contribution is 7.89. The van der Waals surface area contributed by atoms with E-state index in [1.54, 1.807) is 0 Å². The molecule has 0 radical (unpaired) electrons. The van der Waals surface area contributed by atoms with Gasteiger partial charge >= 0.3 is 0 Å². The van der Waals surface area contributed by atoms with Gasteiger partial charge in [0.15, 0.2) is 0 Å². The number of carbonyl (C=O) groups excluding carboxylic acids is 1. The fraction of sp³-hybridized carbons (Fsp3) is 0.462. The number of ether oxygens (including phenoxy) is 1. The highest BCUT2D eigenvalue weighted by atomic mass is 32.2. The number of nitrogens with zero attached hydrogens (tertiary/aromatic N) is 1. The molecule has 6 nitrogen and oxygen atoms in total. The van der Waals surface area contributed by atoms with E-state index in [4.69, 9.17) is 4.74 Å². The standard InChI is InChI=1S/C13H18N2O4S/c1-10-9-15(7-8-19-10)20(17,18)12-5-3-11(4-6-12)13(16)14-2/h3-6,10H,7-9H2,1-2H3,(H,14,16)/t10-/m0/s1. The summed E-state index contributed by atoms with van der Waals surface area (Å²) in [5.74, 6) is -0.242. The lowest BCUT2D eigenvalue weighted by atomic mass is 10.2. The highest BCUT2D eigenvalue weighted by Crippen LogP contribution is 2.19. The lowest BCUT2D eigenvalue weighted by molar-refractivity contribution is 0.0102. The Labute approximate surface area is 118 Å². The molecule has 0 spiro atoms. The van der Waals surface area contributed by atoms with Gasteiger partial charge in [0.05, 0.1) is 17.6 Å². The lowest BCUT2D eigenvalue weighted by Gasteiger charge is -2.30. The van der Waals surface area contributed by atoms with Gasteiger partial charge in [-0.3, -0.25) is 4.79 Å². The van der Waals surface area contributed by atoms with Crippen LogP contribution in [0.15, 0.2) is 29.2 Å². The van der Waals surface area contributed by atoms with Crippen molar-refractivity contribution in [2.75, 3.05) is 26.7 Å². The average molecular weight is 298 g/mol. The van der Waals surface area contributed by atoms with Crippen molar-refractivity contribution in [2.24, 2.45) is 0 Å². The van der Waals surface area contributed by atoms with Crippen LogP contribution in [0, 0.1) is 0 Å². The van der Waals surface area contributed by atoms with Crippen molar-refractivity contribution in [2.45, 2.75) is 17.9 Å². The SMILES string of the molecule is CNC(=O)c1ccc(S(=O)(=O)N2CCO[C@@H](C)C2)cc1. The molecule has 1 atom stereocenters. The Balaban J connectivity index is 2.23. The van der Waals surface area contributed by atoms with Crippen LogP contribution in [0.25, 0.3) is 0 Å². The zero-order chi connectivity index (χ0) is 14.8. The maximum Gasteiger partial charge on any atom is 0.251 e. The molecule has 1 N–H and O–H groups in total. The molecule has 7 heteroatoms. The summed E-state index contributed by atoms with van der Waals surface area (Å²) in [5, 5.41) is 2.49. The molecule has 1 aromatic carbocycles. The Hall–Kier alpha value is -1.44. The Morgan fingerprint density at radius 3 is 2.55 bits per heavy atom. The van der Waals surface area contributed by atoms with Crippen molar-refractivity contribution in [3.8, 4) is 0 Å². The number of hydrogen-bond acceptors (Lipinski definition) is 4. The third-order valence-electron chi connectivity index (χ3n) is 3.19. The molecular weight excluding hydrogens is 280 g/mol. The van der Waals surface area contributed by atoms with Crippen LogP contribution >= 0.6 is 0 Å². The zero-order valence-electron chi connectivity index (χ0n) is 11.5. The quantitative estimate of drug-likeness (QED) is 0.879. The Bertz CT molecular complexity index is 583. The Morgan fingerprint density at radius 1 is 1.35 bits per heavy atom. The summed E-state index contributed by atoms with van der Waals surface area (Å²) in [4.78, 5) is 11.6. The summed E-state index contributed by atoms with van der Waals surface area (Å²) in [6, 6.07) is 5.94. The summed E-state index contributed by atoms with van der Waals surface area (Å²) in [6.07, 6.45) is -0.108. The molecular formula is C13H18N2O4S. The average Bonchev–Trinajstić information content (AvgIpc) is 2.46. The number of benzene rings is 1. The largest absolute Gasteiger partial charge is 0.376 e. The third-order valence-corrected chi connectivity index (χ3v) is 5.06. The van der Waals surface area contributed by atoms with Crippen molar-refractivity contribution in [1.29, 1.82) is 0 Å². The molecule has 0 aliphatic carbocycles. The second-order valence-electron chi connectivity index (χ2n) is 4.65. The van der Waals surface area contributed by atoms with Crippen LogP contribution in [-0.4, -0.2) is 51.5 Å². The van der Waals surface area contributed by atoms with E-state index in [0.29, 0.717) is 25.3 Å². The normalized spacial score (nSPS) is 20.6. The van der Waals surface area contributed by atoms with Gasteiger partial charge in [0.1, 0.15) is 0 Å². The van der Waals surface area contributed by atoms with Crippen molar-refractivity contribution in [3.63, 3.8) is 0 Å². The topological polar surface area (TPSA) is 75.7 Å². The van der Waals surface area contributed by atoms with Gasteiger partial charge in [0.25, 0.3) is 5.91 Å². The van der Waals surface area contributed by atoms with E-state index >= 15 is 0 Å². The number of carbonyl (C=O) groups is 1. The molecule has 1 aliphatic rings. The number of nitrogens with one attached hydrogen (secondary N) is 1. The monoisotopic (exact) mass is 298 g/mol. The minimum Gasteiger partial charge on any atom is -0.376 e. The number of hydrogen-bond donors (Lipinski definition) is 1. The van der Waals surface area contributed by atoms with Gasteiger partial charge in [-0.15, -0.1) is 0 Å². The first-order valence-corrected chi connectivity index (χ1v) is 7.83. The molecule has 0 aromatic heterocycles. The molecule has 1 saturated heterocycles. The van der Waals surface area contributed by atoms with Gasteiger partial charge in [0, 0.05) is 25.7 Å². The number of amides is 1. The maximum absolute atomic E-state index is 12.5. The van der Waals surface area contributed by atoms with Crippen LogP contribution in [0.1, 0.15) is 17.3 Å². The van der Waals surface area contributed by atoms with Crippen LogP contribution in [0.2, 0.25) is 0 Å². The van der Waals surface area contributed by atoms with Gasteiger partial charge in [-0.2, -0.15) is 4.31 Å². The third kappa shape index (κ3) is 3.00. The van der Waals surface area contributed by atoms with E-state index in [2.05, 4.69) is 5.32 Å². The fourth-order valence-corrected chi connectivity index (χ4v) is 3.58. The second-order valence-corrected chi connectivity index (χ2v) is 6.59. The molecule has 20 heavy (non-hydrogen) atoms. The molecule has 1 fully saturated rings. The first-order chi connectivity index (χ1) is 9.45. The van der Waals surface area contributed by atoms with Gasteiger partial charge in [0.2, 0.25) is 10.0 Å². The smallest absolute Gasteiger partial charge is 0.251 e. The first-order valence-electron chi connectivity index (χ1n) is 6.39. The molecule has 2 rings (SSSR count). The van der Waals surface area contributed by atoms with Crippen molar-refractivity contribution < 1.29 is 17.9 Å². The Morgan fingerprint density at radius 2 is 2.00 bits per heavy atom. The molecule has 0 saturated carbocycles. The van der Waals surface area contributed by atoms with Crippen LogP contribution in [0.3, 0.4) is 0 Å². The lowest BCUT2D eigenvalue weighted by Crippen LogP contribution is -2.44. The van der Waals surface area contributed by atoms with E-state index in [1.165, 1.54) is 35.6 Å². The predicted molar refractivity (Wildman–Crippen MR) is 74.0 cm³/mol. The molecule has 0 bridgehead atoms. The second kappa shape index (κ2) is 5.90. The minimum absolute atomic E-state index is 0.108. The van der Waals surface area contributed by atoms with Gasteiger partial charge in [-0.05, 0) is 31.2 Å². The van der Waals surface area contributed by atoms with Crippen LogP contribution in [-0.2, 0) is 14.8 Å². The van der Waals surface area contributed by atoms with E-state index in [-0.39, 0.29) is 16.9 Å². The van der Waals surface area contributed by atoms with Crippen molar-refractivity contribution >= 4 is 15.9 Å². The molecule has 0 unspecified atom stereocenters. The number of morpholine rings is 1. The van der Waals surface area contributed by atoms with Crippen LogP contribution < -0.4 is 5.32 Å². The van der Waals surface area contributed by atoms with E-state index in [1.807, 2.05) is 6.92 Å². The van der Waals surface area contributed by atoms with E-state index < -0.39 is 10.0 Å². The van der Waals surface area contributed by atoms with Crippen molar-refractivity contribution in [3.05, 3.63) is 29.8 Å². The van der Waals surface area contributed by atoms with Crippen molar-refractivity contribution in [1.82, 2.24) is 9.62 Å².